The molecule has 0 bridgehead atoms. The van der Waals surface area contributed by atoms with E-state index in [2.05, 4.69) is 33.0 Å². The van der Waals surface area contributed by atoms with Gasteiger partial charge in [-0.2, -0.15) is 0 Å². The zero-order valence-corrected chi connectivity index (χ0v) is 12.3. The van der Waals surface area contributed by atoms with E-state index in [1.165, 1.54) is 5.56 Å². The molecule has 0 aliphatic heterocycles. The Morgan fingerprint density at radius 3 is 2.95 bits per heavy atom. The Morgan fingerprint density at radius 1 is 1.35 bits per heavy atom. The number of rotatable bonds is 4. The van der Waals surface area contributed by atoms with Gasteiger partial charge in [-0.05, 0) is 25.6 Å². The van der Waals surface area contributed by atoms with Gasteiger partial charge in [-0.25, -0.2) is 0 Å². The van der Waals surface area contributed by atoms with Crippen LogP contribution in [0.25, 0.3) is 16.2 Å². The summed E-state index contributed by atoms with van der Waals surface area (Å²) in [5.41, 5.74) is 8.94. The van der Waals surface area contributed by atoms with Gasteiger partial charge in [0.15, 0.2) is 0 Å². The standard InChI is InChI=1S/C14H16N4OS/c1-9-3-4-12(19-2)10(7-9)11-8-20-14-17-16-13(5-6-15)18(11)14/h3-4,7-8H,5-6,15H2,1-2H3. The molecule has 1 aromatic carbocycles. The number of fused-ring (bicyclic) bond motifs is 1. The summed E-state index contributed by atoms with van der Waals surface area (Å²) in [6, 6.07) is 6.15. The molecule has 0 aliphatic carbocycles. The third-order valence-electron chi connectivity index (χ3n) is 3.22. The van der Waals surface area contributed by atoms with Crippen molar-refractivity contribution in [2.45, 2.75) is 13.3 Å². The first-order chi connectivity index (χ1) is 9.74. The lowest BCUT2D eigenvalue weighted by atomic mass is 10.1. The number of thiazole rings is 1. The van der Waals surface area contributed by atoms with Crippen molar-refractivity contribution >= 4 is 16.3 Å². The van der Waals surface area contributed by atoms with Crippen molar-refractivity contribution in [2.24, 2.45) is 5.73 Å². The van der Waals surface area contributed by atoms with Crippen LogP contribution in [0.5, 0.6) is 5.75 Å². The normalized spacial score (nSPS) is 11.2. The second-order valence-corrected chi connectivity index (χ2v) is 5.43. The van der Waals surface area contributed by atoms with Crippen molar-refractivity contribution < 1.29 is 4.74 Å². The number of aromatic nitrogens is 3. The number of aryl methyl sites for hydroxylation is 1. The molecule has 6 heteroatoms. The van der Waals surface area contributed by atoms with Crippen LogP contribution in [-0.2, 0) is 6.42 Å². The van der Waals surface area contributed by atoms with Crippen LogP contribution in [0.15, 0.2) is 23.6 Å². The quantitative estimate of drug-likeness (QED) is 0.800. The third kappa shape index (κ3) is 2.07. The maximum Gasteiger partial charge on any atom is 0.216 e. The molecule has 0 spiro atoms. The number of benzene rings is 1. The number of methoxy groups -OCH3 is 1. The van der Waals surface area contributed by atoms with Crippen LogP contribution in [0, 0.1) is 6.92 Å². The first-order valence-corrected chi connectivity index (χ1v) is 7.29. The second-order valence-electron chi connectivity index (χ2n) is 4.60. The lowest BCUT2D eigenvalue weighted by Crippen LogP contribution is -2.06. The van der Waals surface area contributed by atoms with Crippen LogP contribution in [-0.4, -0.2) is 28.3 Å². The molecule has 20 heavy (non-hydrogen) atoms. The van der Waals surface area contributed by atoms with Gasteiger partial charge in [-0.1, -0.05) is 11.6 Å². The molecule has 0 fully saturated rings. The number of nitrogens with zero attached hydrogens (tertiary/aromatic N) is 3. The summed E-state index contributed by atoms with van der Waals surface area (Å²) in [5, 5.41) is 10.5. The summed E-state index contributed by atoms with van der Waals surface area (Å²) in [6.07, 6.45) is 0.707. The number of hydrogen-bond donors (Lipinski definition) is 1. The van der Waals surface area contributed by atoms with Crippen molar-refractivity contribution in [2.75, 3.05) is 13.7 Å². The summed E-state index contributed by atoms with van der Waals surface area (Å²) >= 11 is 1.57. The molecule has 0 amide bonds. The van der Waals surface area contributed by atoms with Gasteiger partial charge in [0.25, 0.3) is 0 Å². The SMILES string of the molecule is COc1ccc(C)cc1-c1csc2nnc(CCN)n12. The maximum absolute atomic E-state index is 5.65. The monoisotopic (exact) mass is 288 g/mol. The van der Waals surface area contributed by atoms with Gasteiger partial charge < -0.3 is 10.5 Å². The van der Waals surface area contributed by atoms with Crippen molar-refractivity contribution in [1.82, 2.24) is 14.6 Å². The molecule has 2 aromatic heterocycles. The fraction of sp³-hybridized carbons (Fsp3) is 0.286. The first-order valence-electron chi connectivity index (χ1n) is 6.41. The number of hydrogen-bond acceptors (Lipinski definition) is 5. The van der Waals surface area contributed by atoms with Crippen LogP contribution in [0.3, 0.4) is 0 Å². The van der Waals surface area contributed by atoms with E-state index >= 15 is 0 Å². The average Bonchev–Trinajstić information content (AvgIpc) is 3.02. The largest absolute Gasteiger partial charge is 0.496 e. The molecule has 2 N–H and O–H groups in total. The molecular formula is C14H16N4OS. The van der Waals surface area contributed by atoms with Crippen LogP contribution in [0.1, 0.15) is 11.4 Å². The Bertz CT molecular complexity index is 747. The molecule has 0 radical (unpaired) electrons. The van der Waals surface area contributed by atoms with Crippen molar-refractivity contribution in [3.05, 3.63) is 35.0 Å². The van der Waals surface area contributed by atoms with Crippen molar-refractivity contribution in [3.63, 3.8) is 0 Å². The smallest absolute Gasteiger partial charge is 0.216 e. The molecule has 0 saturated heterocycles. The van der Waals surface area contributed by atoms with E-state index in [4.69, 9.17) is 10.5 Å². The molecule has 3 rings (SSSR count). The summed E-state index contributed by atoms with van der Waals surface area (Å²) < 4.78 is 7.54. The highest BCUT2D eigenvalue weighted by atomic mass is 32.1. The Labute approximate surface area is 121 Å². The molecule has 104 valence electrons. The number of nitrogens with two attached hydrogens (primary N) is 1. The Kier molecular flexibility index (Phi) is 3.42. The minimum atomic E-state index is 0.557. The molecule has 0 unspecified atom stereocenters. The highest BCUT2D eigenvalue weighted by molar-refractivity contribution is 7.15. The zero-order chi connectivity index (χ0) is 14.1. The van der Waals surface area contributed by atoms with Crippen LogP contribution in [0.2, 0.25) is 0 Å². The van der Waals surface area contributed by atoms with E-state index in [9.17, 15) is 0 Å². The van der Waals surface area contributed by atoms with Gasteiger partial charge in [-0.3, -0.25) is 4.40 Å². The summed E-state index contributed by atoms with van der Waals surface area (Å²) in [7, 11) is 1.69. The number of ether oxygens (including phenoxy) is 1. The van der Waals surface area contributed by atoms with Gasteiger partial charge in [0.05, 0.1) is 12.8 Å². The maximum atomic E-state index is 5.65. The molecule has 3 aromatic rings. The topological polar surface area (TPSA) is 65.4 Å². The van der Waals surface area contributed by atoms with E-state index in [0.29, 0.717) is 13.0 Å². The van der Waals surface area contributed by atoms with Gasteiger partial charge in [0.1, 0.15) is 11.6 Å². The summed E-state index contributed by atoms with van der Waals surface area (Å²) in [5.74, 6) is 1.74. The Balaban J connectivity index is 2.23. The average molecular weight is 288 g/mol. The lowest BCUT2D eigenvalue weighted by molar-refractivity contribution is 0.416. The highest BCUT2D eigenvalue weighted by Gasteiger charge is 2.16. The van der Waals surface area contributed by atoms with Gasteiger partial charge >= 0.3 is 0 Å². The fourth-order valence-corrected chi connectivity index (χ4v) is 3.12. The third-order valence-corrected chi connectivity index (χ3v) is 4.03. The molecule has 0 saturated carbocycles. The predicted molar refractivity (Wildman–Crippen MR) is 80.3 cm³/mol. The van der Waals surface area contributed by atoms with Crippen LogP contribution >= 0.6 is 11.3 Å². The van der Waals surface area contributed by atoms with E-state index in [0.717, 1.165) is 27.8 Å². The Morgan fingerprint density at radius 2 is 2.20 bits per heavy atom. The highest BCUT2D eigenvalue weighted by Crippen LogP contribution is 2.34. The minimum absolute atomic E-state index is 0.557. The van der Waals surface area contributed by atoms with Crippen LogP contribution < -0.4 is 10.5 Å². The Hall–Kier alpha value is -1.92. The molecule has 2 heterocycles. The molecule has 0 atom stereocenters. The molecular weight excluding hydrogens is 272 g/mol. The predicted octanol–water partition coefficient (Wildman–Crippen LogP) is 2.28. The zero-order valence-electron chi connectivity index (χ0n) is 11.5. The second kappa shape index (κ2) is 5.22. The fourth-order valence-electron chi connectivity index (χ4n) is 2.28. The summed E-state index contributed by atoms with van der Waals surface area (Å²) in [6.45, 7) is 2.63. The van der Waals surface area contributed by atoms with Gasteiger partial charge in [0, 0.05) is 17.4 Å². The minimum Gasteiger partial charge on any atom is -0.496 e. The summed E-state index contributed by atoms with van der Waals surface area (Å²) in [4.78, 5) is 0.881. The van der Waals surface area contributed by atoms with Gasteiger partial charge in [-0.15, -0.1) is 21.5 Å². The molecule has 0 aliphatic rings. The van der Waals surface area contributed by atoms with Crippen molar-refractivity contribution in [1.29, 1.82) is 0 Å². The van der Waals surface area contributed by atoms with E-state index in [1.54, 1.807) is 18.4 Å². The van der Waals surface area contributed by atoms with Crippen molar-refractivity contribution in [3.8, 4) is 17.0 Å². The lowest BCUT2D eigenvalue weighted by Gasteiger charge is -2.09. The van der Waals surface area contributed by atoms with E-state index in [1.807, 2.05) is 12.1 Å². The molecule has 5 nitrogen and oxygen atoms in total. The van der Waals surface area contributed by atoms with E-state index < -0.39 is 0 Å². The first kappa shape index (κ1) is 13.1. The van der Waals surface area contributed by atoms with Crippen LogP contribution in [0.4, 0.5) is 0 Å². The van der Waals surface area contributed by atoms with E-state index in [-0.39, 0.29) is 0 Å². The van der Waals surface area contributed by atoms with Gasteiger partial charge in [0.2, 0.25) is 4.96 Å².